The van der Waals surface area contributed by atoms with Crippen LogP contribution in [0.3, 0.4) is 0 Å². The summed E-state index contributed by atoms with van der Waals surface area (Å²) in [4.78, 5) is 14.2. The van der Waals surface area contributed by atoms with Gasteiger partial charge in [0.05, 0.1) is 0 Å². The lowest BCUT2D eigenvalue weighted by Gasteiger charge is -2.27. The van der Waals surface area contributed by atoms with Crippen LogP contribution in [-0.2, 0) is 4.74 Å². The second-order valence-electron chi connectivity index (χ2n) is 6.52. The Morgan fingerprint density at radius 2 is 1.77 bits per heavy atom. The van der Waals surface area contributed by atoms with Gasteiger partial charge in [-0.3, -0.25) is 4.90 Å². The number of unbranched alkanes of at least 4 members (excludes halogenated alkanes) is 1. The fraction of sp³-hybridized carbons (Fsp3) is 0.421. The van der Waals surface area contributed by atoms with Crippen LogP contribution in [0.4, 0.5) is 10.5 Å². The zero-order chi connectivity index (χ0) is 16.2. The summed E-state index contributed by atoms with van der Waals surface area (Å²) >= 11 is 0. The standard InChI is InChI=1S/C19H25NO2/c1-5-6-13-20(18(21)22-19(2,3)4)17-12-11-15-9-7-8-10-16(15)14-17/h7-12,14H,5-6,13H2,1-4H3. The second kappa shape index (κ2) is 6.82. The fourth-order valence-electron chi connectivity index (χ4n) is 2.30. The third kappa shape index (κ3) is 4.23. The SMILES string of the molecule is CCCCN(C(=O)OC(C)(C)C)c1ccc2ccccc2c1. The van der Waals surface area contributed by atoms with Crippen LogP contribution in [0.1, 0.15) is 40.5 Å². The molecular weight excluding hydrogens is 274 g/mol. The maximum atomic E-state index is 12.5. The van der Waals surface area contributed by atoms with Gasteiger partial charge < -0.3 is 4.74 Å². The first-order chi connectivity index (χ1) is 10.4. The molecule has 0 aliphatic heterocycles. The molecule has 0 unspecified atom stereocenters. The molecule has 1 amide bonds. The lowest BCUT2D eigenvalue weighted by atomic mass is 10.1. The van der Waals surface area contributed by atoms with Gasteiger partial charge in [0, 0.05) is 12.2 Å². The number of carbonyl (C=O) groups is 1. The van der Waals surface area contributed by atoms with Crippen molar-refractivity contribution in [2.45, 2.75) is 46.1 Å². The van der Waals surface area contributed by atoms with E-state index in [1.165, 1.54) is 5.39 Å². The average molecular weight is 299 g/mol. The van der Waals surface area contributed by atoms with Gasteiger partial charge in [0.25, 0.3) is 0 Å². The molecule has 0 bridgehead atoms. The van der Waals surface area contributed by atoms with Crippen LogP contribution >= 0.6 is 0 Å². The summed E-state index contributed by atoms with van der Waals surface area (Å²) in [7, 11) is 0. The Hall–Kier alpha value is -2.03. The number of rotatable bonds is 4. The first-order valence-electron chi connectivity index (χ1n) is 7.90. The van der Waals surface area contributed by atoms with Gasteiger partial charge >= 0.3 is 6.09 Å². The topological polar surface area (TPSA) is 29.5 Å². The molecule has 0 spiro atoms. The Bertz CT molecular complexity index is 643. The molecule has 0 atom stereocenters. The van der Waals surface area contributed by atoms with Gasteiger partial charge in [-0.15, -0.1) is 0 Å². The Labute approximate surface area is 132 Å². The van der Waals surface area contributed by atoms with Gasteiger partial charge in [0.1, 0.15) is 5.60 Å². The van der Waals surface area contributed by atoms with Crippen molar-refractivity contribution in [3.05, 3.63) is 42.5 Å². The number of nitrogens with zero attached hydrogens (tertiary/aromatic N) is 1. The molecular formula is C19H25NO2. The summed E-state index contributed by atoms with van der Waals surface area (Å²) < 4.78 is 5.55. The molecule has 3 heteroatoms. The smallest absolute Gasteiger partial charge is 0.414 e. The third-order valence-corrected chi connectivity index (χ3v) is 3.39. The molecule has 0 aromatic heterocycles. The Morgan fingerprint density at radius 3 is 2.41 bits per heavy atom. The summed E-state index contributed by atoms with van der Waals surface area (Å²) in [5.41, 5.74) is 0.402. The predicted octanol–water partition coefficient (Wildman–Crippen LogP) is 5.38. The number of amides is 1. The van der Waals surface area contributed by atoms with E-state index in [2.05, 4.69) is 25.1 Å². The van der Waals surface area contributed by atoms with E-state index in [1.54, 1.807) is 4.90 Å². The first kappa shape index (κ1) is 16.3. The van der Waals surface area contributed by atoms with E-state index < -0.39 is 5.60 Å². The van der Waals surface area contributed by atoms with E-state index in [9.17, 15) is 4.79 Å². The van der Waals surface area contributed by atoms with Crippen molar-refractivity contribution in [2.75, 3.05) is 11.4 Å². The Kier molecular flexibility index (Phi) is 5.07. The Morgan fingerprint density at radius 1 is 1.09 bits per heavy atom. The highest BCUT2D eigenvalue weighted by molar-refractivity contribution is 5.93. The molecule has 0 heterocycles. The number of ether oxygens (including phenoxy) is 1. The largest absolute Gasteiger partial charge is 0.443 e. The van der Waals surface area contributed by atoms with E-state index >= 15 is 0 Å². The number of carbonyl (C=O) groups excluding carboxylic acids is 1. The average Bonchev–Trinajstić information content (AvgIpc) is 2.45. The van der Waals surface area contributed by atoms with E-state index in [-0.39, 0.29) is 6.09 Å². The molecule has 0 radical (unpaired) electrons. The number of hydrogen-bond donors (Lipinski definition) is 0. The van der Waals surface area contributed by atoms with Gasteiger partial charge in [0.2, 0.25) is 0 Å². The zero-order valence-corrected chi connectivity index (χ0v) is 13.9. The highest BCUT2D eigenvalue weighted by Crippen LogP contribution is 2.24. The van der Waals surface area contributed by atoms with Gasteiger partial charge in [0.15, 0.2) is 0 Å². The van der Waals surface area contributed by atoms with Crippen molar-refractivity contribution >= 4 is 22.6 Å². The number of fused-ring (bicyclic) bond motifs is 1. The molecule has 3 nitrogen and oxygen atoms in total. The van der Waals surface area contributed by atoms with Crippen molar-refractivity contribution in [1.82, 2.24) is 0 Å². The van der Waals surface area contributed by atoms with E-state index in [4.69, 9.17) is 4.74 Å². The molecule has 0 saturated carbocycles. The van der Waals surface area contributed by atoms with Crippen LogP contribution in [0.5, 0.6) is 0 Å². The molecule has 0 aliphatic rings. The molecule has 2 aromatic rings. The Balaban J connectivity index is 2.31. The summed E-state index contributed by atoms with van der Waals surface area (Å²) in [6.07, 6.45) is 1.70. The molecule has 118 valence electrons. The lowest BCUT2D eigenvalue weighted by Crippen LogP contribution is -2.37. The third-order valence-electron chi connectivity index (χ3n) is 3.39. The van der Waals surface area contributed by atoms with Gasteiger partial charge in [-0.2, -0.15) is 0 Å². The normalized spacial score (nSPS) is 11.5. The number of anilines is 1. The van der Waals surface area contributed by atoms with Crippen molar-refractivity contribution < 1.29 is 9.53 Å². The maximum Gasteiger partial charge on any atom is 0.414 e. The quantitative estimate of drug-likeness (QED) is 0.758. The lowest BCUT2D eigenvalue weighted by molar-refractivity contribution is 0.0580. The zero-order valence-electron chi connectivity index (χ0n) is 13.9. The molecule has 2 rings (SSSR count). The second-order valence-corrected chi connectivity index (χ2v) is 6.52. The van der Waals surface area contributed by atoms with Crippen LogP contribution in [0.15, 0.2) is 42.5 Å². The summed E-state index contributed by atoms with van der Waals surface area (Å²) in [5.74, 6) is 0. The van der Waals surface area contributed by atoms with Crippen molar-refractivity contribution in [1.29, 1.82) is 0 Å². The van der Waals surface area contributed by atoms with E-state index in [0.29, 0.717) is 6.54 Å². The highest BCUT2D eigenvalue weighted by atomic mass is 16.6. The number of hydrogen-bond acceptors (Lipinski definition) is 2. The van der Waals surface area contributed by atoms with Gasteiger partial charge in [-0.1, -0.05) is 43.7 Å². The predicted molar refractivity (Wildman–Crippen MR) is 92.4 cm³/mol. The van der Waals surface area contributed by atoms with E-state index in [1.807, 2.05) is 45.0 Å². The van der Waals surface area contributed by atoms with Gasteiger partial charge in [-0.05, 0) is 50.1 Å². The molecule has 0 N–H and O–H groups in total. The van der Waals surface area contributed by atoms with Crippen molar-refractivity contribution in [3.63, 3.8) is 0 Å². The van der Waals surface area contributed by atoms with Crippen molar-refractivity contribution in [2.24, 2.45) is 0 Å². The van der Waals surface area contributed by atoms with Crippen LogP contribution in [0.25, 0.3) is 10.8 Å². The summed E-state index contributed by atoms with van der Waals surface area (Å²) in [6, 6.07) is 14.3. The first-order valence-corrected chi connectivity index (χ1v) is 7.90. The minimum absolute atomic E-state index is 0.281. The monoisotopic (exact) mass is 299 g/mol. The minimum Gasteiger partial charge on any atom is -0.443 e. The van der Waals surface area contributed by atoms with Crippen LogP contribution in [0.2, 0.25) is 0 Å². The highest BCUT2D eigenvalue weighted by Gasteiger charge is 2.23. The minimum atomic E-state index is -0.488. The molecule has 22 heavy (non-hydrogen) atoms. The molecule has 2 aromatic carbocycles. The van der Waals surface area contributed by atoms with Gasteiger partial charge in [-0.25, -0.2) is 4.79 Å². The molecule has 0 saturated heterocycles. The number of benzene rings is 2. The van der Waals surface area contributed by atoms with E-state index in [0.717, 1.165) is 23.9 Å². The summed E-state index contributed by atoms with van der Waals surface area (Å²) in [6.45, 7) is 8.47. The fourth-order valence-corrected chi connectivity index (χ4v) is 2.30. The summed E-state index contributed by atoms with van der Waals surface area (Å²) in [5, 5.41) is 2.30. The molecule has 0 aliphatic carbocycles. The van der Waals surface area contributed by atoms with Crippen LogP contribution in [-0.4, -0.2) is 18.2 Å². The molecule has 0 fully saturated rings. The maximum absolute atomic E-state index is 12.5. The van der Waals surface area contributed by atoms with Crippen LogP contribution in [0, 0.1) is 0 Å². The van der Waals surface area contributed by atoms with Crippen LogP contribution < -0.4 is 4.90 Å². The van der Waals surface area contributed by atoms with Crippen molar-refractivity contribution in [3.8, 4) is 0 Å².